The molecule has 1 aliphatic heterocycles. The number of imide groups is 1. The number of hydrogen-bond acceptors (Lipinski definition) is 4. The van der Waals surface area contributed by atoms with Crippen LogP contribution in [0.15, 0.2) is 46.6 Å². The molecule has 1 fully saturated rings. The summed E-state index contributed by atoms with van der Waals surface area (Å²) in [7, 11) is 3.06. The summed E-state index contributed by atoms with van der Waals surface area (Å²) in [5.74, 6) is 0.612. The van der Waals surface area contributed by atoms with Crippen LogP contribution in [0.5, 0.6) is 11.5 Å². The number of nitrogens with zero attached hydrogens (tertiary/aromatic N) is 1. The third-order valence-electron chi connectivity index (χ3n) is 4.20. The second-order valence-corrected chi connectivity index (χ2v) is 7.01. The van der Waals surface area contributed by atoms with Crippen molar-refractivity contribution < 1.29 is 19.1 Å². The monoisotopic (exact) mass is 430 g/mol. The number of halogens is 1. The second kappa shape index (κ2) is 7.84. The van der Waals surface area contributed by atoms with E-state index < -0.39 is 6.03 Å². The number of aryl methyl sites for hydroxylation is 1. The zero-order valence-electron chi connectivity index (χ0n) is 15.2. The molecule has 2 aromatic rings. The number of hydrogen-bond donors (Lipinski definition) is 1. The summed E-state index contributed by atoms with van der Waals surface area (Å²) in [5.41, 5.74) is 2.80. The van der Waals surface area contributed by atoms with Crippen molar-refractivity contribution in [3.05, 3.63) is 63.3 Å². The Kier molecular flexibility index (Phi) is 5.51. The molecule has 1 N–H and O–H groups in total. The fourth-order valence-corrected chi connectivity index (χ4v) is 3.27. The number of carbonyl (C=O) groups excluding carboxylic acids is 2. The molecule has 3 amide bonds. The number of ether oxygens (including phenoxy) is 2. The van der Waals surface area contributed by atoms with Crippen LogP contribution in [0.2, 0.25) is 0 Å². The molecule has 0 aromatic heterocycles. The van der Waals surface area contributed by atoms with E-state index in [0.717, 1.165) is 15.6 Å². The number of rotatable bonds is 5. The Hall–Kier alpha value is -2.80. The van der Waals surface area contributed by atoms with Crippen LogP contribution in [0, 0.1) is 6.92 Å². The second-order valence-electron chi connectivity index (χ2n) is 6.10. The van der Waals surface area contributed by atoms with E-state index in [1.54, 1.807) is 18.2 Å². The van der Waals surface area contributed by atoms with Gasteiger partial charge in [0.05, 0.1) is 20.8 Å². The normalized spacial score (nSPS) is 15.3. The molecule has 1 heterocycles. The van der Waals surface area contributed by atoms with Gasteiger partial charge in [-0.25, -0.2) is 4.79 Å². The molecule has 27 heavy (non-hydrogen) atoms. The van der Waals surface area contributed by atoms with E-state index >= 15 is 0 Å². The Bertz CT molecular complexity index is 922. The van der Waals surface area contributed by atoms with E-state index in [4.69, 9.17) is 9.47 Å². The van der Waals surface area contributed by atoms with Crippen LogP contribution in [0.4, 0.5) is 4.79 Å². The minimum Gasteiger partial charge on any atom is -0.493 e. The highest BCUT2D eigenvalue weighted by Gasteiger charge is 2.33. The number of nitrogens with one attached hydrogen (secondary N) is 1. The predicted octanol–water partition coefficient (Wildman–Crippen LogP) is 3.87. The van der Waals surface area contributed by atoms with Crippen LogP contribution in [-0.2, 0) is 11.3 Å². The average molecular weight is 431 g/mol. The molecule has 0 unspecified atom stereocenters. The predicted molar refractivity (Wildman–Crippen MR) is 105 cm³/mol. The molecule has 6 nitrogen and oxygen atoms in total. The molecule has 7 heteroatoms. The zero-order chi connectivity index (χ0) is 19.6. The Morgan fingerprint density at radius 3 is 2.44 bits per heavy atom. The SMILES string of the molecule is COc1cc(Br)cc(/C=C2/NC(=O)N(Cc3ccc(C)cc3)C2=O)c1OC. The fraction of sp³-hybridized carbons (Fsp3) is 0.200. The maximum absolute atomic E-state index is 12.7. The molecule has 2 aromatic carbocycles. The van der Waals surface area contributed by atoms with Crippen molar-refractivity contribution in [2.24, 2.45) is 0 Å². The smallest absolute Gasteiger partial charge is 0.329 e. The van der Waals surface area contributed by atoms with Gasteiger partial charge in [0, 0.05) is 10.0 Å². The largest absolute Gasteiger partial charge is 0.493 e. The third kappa shape index (κ3) is 3.98. The van der Waals surface area contributed by atoms with Gasteiger partial charge in [-0.05, 0) is 30.7 Å². The van der Waals surface area contributed by atoms with E-state index in [9.17, 15) is 9.59 Å². The minimum atomic E-state index is -0.451. The molecule has 1 aliphatic rings. The standard InChI is InChI=1S/C20H19BrN2O4/c1-12-4-6-13(7-5-12)11-23-19(24)16(22-20(23)25)9-14-8-15(21)10-17(26-2)18(14)27-3/h4-10H,11H2,1-3H3,(H,22,25)/b16-9+. The van der Waals surface area contributed by atoms with Crippen LogP contribution in [0.3, 0.4) is 0 Å². The van der Waals surface area contributed by atoms with Crippen molar-refractivity contribution in [2.75, 3.05) is 14.2 Å². The van der Waals surface area contributed by atoms with E-state index in [0.29, 0.717) is 17.1 Å². The van der Waals surface area contributed by atoms with Gasteiger partial charge in [0.2, 0.25) is 0 Å². The molecular formula is C20H19BrN2O4. The maximum Gasteiger partial charge on any atom is 0.329 e. The molecule has 140 valence electrons. The van der Waals surface area contributed by atoms with Gasteiger partial charge in [-0.1, -0.05) is 45.8 Å². The summed E-state index contributed by atoms with van der Waals surface area (Å²) in [6.07, 6.45) is 1.58. The number of benzene rings is 2. The van der Waals surface area contributed by atoms with Gasteiger partial charge in [0.25, 0.3) is 5.91 Å². The molecule has 0 spiro atoms. The third-order valence-corrected chi connectivity index (χ3v) is 4.65. The molecule has 0 saturated carbocycles. The summed E-state index contributed by atoms with van der Waals surface area (Å²) in [5, 5.41) is 2.63. The number of urea groups is 1. The van der Waals surface area contributed by atoms with Gasteiger partial charge in [-0.15, -0.1) is 0 Å². The minimum absolute atomic E-state index is 0.186. The van der Waals surface area contributed by atoms with Gasteiger partial charge in [0.15, 0.2) is 11.5 Å². The van der Waals surface area contributed by atoms with E-state index in [1.165, 1.54) is 19.1 Å². The quantitative estimate of drug-likeness (QED) is 0.577. The highest BCUT2D eigenvalue weighted by molar-refractivity contribution is 9.10. The van der Waals surface area contributed by atoms with Crippen molar-refractivity contribution >= 4 is 33.9 Å². The summed E-state index contributed by atoms with van der Waals surface area (Å²) < 4.78 is 11.5. The van der Waals surface area contributed by atoms with Crippen LogP contribution in [0.1, 0.15) is 16.7 Å². The Balaban J connectivity index is 1.90. The molecule has 0 atom stereocenters. The van der Waals surface area contributed by atoms with Crippen LogP contribution >= 0.6 is 15.9 Å². The molecule has 0 aliphatic carbocycles. The first kappa shape index (κ1) is 19.0. The Labute approximate surface area is 165 Å². The molecule has 0 bridgehead atoms. The first-order valence-corrected chi connectivity index (χ1v) is 9.04. The molecule has 3 rings (SSSR count). The van der Waals surface area contributed by atoms with Gasteiger partial charge in [0.1, 0.15) is 5.70 Å². The Morgan fingerprint density at radius 2 is 1.81 bits per heavy atom. The highest BCUT2D eigenvalue weighted by atomic mass is 79.9. The van der Waals surface area contributed by atoms with E-state index in [-0.39, 0.29) is 18.1 Å². The van der Waals surface area contributed by atoms with E-state index in [1.807, 2.05) is 31.2 Å². The number of amides is 3. The number of methoxy groups -OCH3 is 2. The van der Waals surface area contributed by atoms with Crippen LogP contribution in [0.25, 0.3) is 6.08 Å². The van der Waals surface area contributed by atoms with Crippen molar-refractivity contribution in [1.29, 1.82) is 0 Å². The van der Waals surface area contributed by atoms with Gasteiger partial charge < -0.3 is 14.8 Å². The number of carbonyl (C=O) groups is 2. The lowest BCUT2D eigenvalue weighted by molar-refractivity contribution is -0.123. The van der Waals surface area contributed by atoms with Crippen molar-refractivity contribution in [2.45, 2.75) is 13.5 Å². The Morgan fingerprint density at radius 1 is 1.11 bits per heavy atom. The first-order chi connectivity index (χ1) is 12.9. The van der Waals surface area contributed by atoms with Gasteiger partial charge in [-0.2, -0.15) is 0 Å². The van der Waals surface area contributed by atoms with Crippen molar-refractivity contribution in [1.82, 2.24) is 10.2 Å². The molecular weight excluding hydrogens is 412 g/mol. The van der Waals surface area contributed by atoms with Gasteiger partial charge >= 0.3 is 6.03 Å². The fourth-order valence-electron chi connectivity index (χ4n) is 2.81. The summed E-state index contributed by atoms with van der Waals surface area (Å²) in [6.45, 7) is 2.19. The molecule has 0 radical (unpaired) electrons. The van der Waals surface area contributed by atoms with Gasteiger partial charge in [-0.3, -0.25) is 9.69 Å². The highest BCUT2D eigenvalue weighted by Crippen LogP contribution is 2.36. The van der Waals surface area contributed by atoms with E-state index in [2.05, 4.69) is 21.2 Å². The molecule has 1 saturated heterocycles. The van der Waals surface area contributed by atoms with Crippen molar-refractivity contribution in [3.8, 4) is 11.5 Å². The lowest BCUT2D eigenvalue weighted by Crippen LogP contribution is -2.30. The summed E-state index contributed by atoms with van der Waals surface area (Å²) in [4.78, 5) is 26.2. The van der Waals surface area contributed by atoms with Crippen LogP contribution in [-0.4, -0.2) is 31.1 Å². The lowest BCUT2D eigenvalue weighted by atomic mass is 10.1. The zero-order valence-corrected chi connectivity index (χ0v) is 16.8. The van der Waals surface area contributed by atoms with Crippen LogP contribution < -0.4 is 14.8 Å². The lowest BCUT2D eigenvalue weighted by Gasteiger charge is -2.12. The van der Waals surface area contributed by atoms with Crippen molar-refractivity contribution in [3.63, 3.8) is 0 Å². The topological polar surface area (TPSA) is 67.9 Å². The maximum atomic E-state index is 12.7. The first-order valence-electron chi connectivity index (χ1n) is 8.24. The average Bonchev–Trinajstić information content (AvgIpc) is 2.90. The summed E-state index contributed by atoms with van der Waals surface area (Å²) in [6, 6.07) is 10.8. The summed E-state index contributed by atoms with van der Waals surface area (Å²) >= 11 is 3.41.